The van der Waals surface area contributed by atoms with Gasteiger partial charge in [0.05, 0.1) is 18.5 Å². The lowest BCUT2D eigenvalue weighted by atomic mass is 10.2. The maximum atomic E-state index is 12.1. The molecule has 0 aromatic carbocycles. The lowest BCUT2D eigenvalue weighted by Gasteiger charge is -2.35. The van der Waals surface area contributed by atoms with E-state index >= 15 is 0 Å². The summed E-state index contributed by atoms with van der Waals surface area (Å²) in [5.41, 5.74) is 0. The van der Waals surface area contributed by atoms with Crippen LogP contribution in [0.25, 0.3) is 0 Å². The Morgan fingerprint density at radius 3 is 2.57 bits per heavy atom. The predicted molar refractivity (Wildman–Crippen MR) is 79.9 cm³/mol. The maximum absolute atomic E-state index is 12.1. The minimum atomic E-state index is -3.67. The third-order valence-corrected chi connectivity index (χ3v) is 5.25. The van der Waals surface area contributed by atoms with Crippen LogP contribution in [0.5, 0.6) is 0 Å². The first-order chi connectivity index (χ1) is 9.79. The molecule has 9 heteroatoms. The fraction of sp³-hybridized carbons (Fsp3) is 0.750. The highest BCUT2D eigenvalue weighted by molar-refractivity contribution is 7.89. The fourth-order valence-electron chi connectivity index (χ4n) is 2.45. The van der Waals surface area contributed by atoms with Gasteiger partial charge in [-0.3, -0.25) is 4.90 Å². The molecule has 0 aliphatic carbocycles. The summed E-state index contributed by atoms with van der Waals surface area (Å²) in [6, 6.07) is 0. The van der Waals surface area contributed by atoms with E-state index in [2.05, 4.69) is 14.6 Å². The van der Waals surface area contributed by atoms with Crippen molar-refractivity contribution in [3.8, 4) is 0 Å². The van der Waals surface area contributed by atoms with E-state index in [1.165, 1.54) is 10.9 Å². The molecule has 0 bridgehead atoms. The van der Waals surface area contributed by atoms with Gasteiger partial charge < -0.3 is 9.30 Å². The molecule has 1 aromatic heterocycles. The molecule has 0 saturated carbocycles. The first kappa shape index (κ1) is 16.7. The Bertz CT molecular complexity index is 579. The third-order valence-electron chi connectivity index (χ3n) is 3.30. The van der Waals surface area contributed by atoms with Crippen LogP contribution < -0.4 is 4.72 Å². The minimum absolute atomic E-state index is 0.108. The van der Waals surface area contributed by atoms with Crippen LogP contribution in [-0.4, -0.2) is 61.3 Å². The molecule has 1 N–H and O–H groups in total. The van der Waals surface area contributed by atoms with E-state index in [0.29, 0.717) is 13.1 Å². The van der Waals surface area contributed by atoms with Crippen LogP contribution in [0.1, 0.15) is 13.8 Å². The number of aryl methyl sites for hydroxylation is 1. The van der Waals surface area contributed by atoms with Crippen molar-refractivity contribution in [1.29, 1.82) is 0 Å². The van der Waals surface area contributed by atoms with Gasteiger partial charge in [-0.25, -0.2) is 18.1 Å². The molecule has 21 heavy (non-hydrogen) atoms. The molecule has 1 fully saturated rings. The Labute approximate surface area is 130 Å². The summed E-state index contributed by atoms with van der Waals surface area (Å²) in [4.78, 5) is 6.01. The Morgan fingerprint density at radius 1 is 1.43 bits per heavy atom. The molecule has 2 rings (SSSR count). The number of sulfonamides is 1. The molecule has 2 atom stereocenters. The van der Waals surface area contributed by atoms with Crippen molar-refractivity contribution in [2.75, 3.05) is 26.2 Å². The van der Waals surface area contributed by atoms with Gasteiger partial charge in [-0.1, -0.05) is 11.6 Å². The summed E-state index contributed by atoms with van der Waals surface area (Å²) in [5, 5.41) is -0.0218. The van der Waals surface area contributed by atoms with Crippen LogP contribution >= 0.6 is 11.6 Å². The molecule has 2 heterocycles. The molecular formula is C12H21ClN4O3S. The number of halogens is 1. The van der Waals surface area contributed by atoms with Gasteiger partial charge in [0.2, 0.25) is 5.03 Å². The number of ether oxygens (including phenoxy) is 1. The van der Waals surface area contributed by atoms with Crippen molar-refractivity contribution in [3.63, 3.8) is 0 Å². The Kier molecular flexibility index (Phi) is 5.26. The van der Waals surface area contributed by atoms with E-state index < -0.39 is 10.0 Å². The number of aromatic nitrogens is 2. The average Bonchev–Trinajstić information content (AvgIpc) is 2.69. The summed E-state index contributed by atoms with van der Waals surface area (Å²) in [5.74, 6) is 0. The zero-order valence-corrected chi connectivity index (χ0v) is 14.0. The van der Waals surface area contributed by atoms with E-state index in [1.54, 1.807) is 7.05 Å². The van der Waals surface area contributed by atoms with E-state index in [-0.39, 0.29) is 22.4 Å². The highest BCUT2D eigenvalue weighted by atomic mass is 35.5. The molecule has 1 aliphatic rings. The van der Waals surface area contributed by atoms with Crippen LogP contribution in [0.4, 0.5) is 0 Å². The summed E-state index contributed by atoms with van der Waals surface area (Å²) in [6.45, 7) is 6.57. The second-order valence-electron chi connectivity index (χ2n) is 5.37. The Balaban J connectivity index is 1.89. The molecule has 1 saturated heterocycles. The lowest BCUT2D eigenvalue weighted by molar-refractivity contribution is -0.0671. The molecule has 0 spiro atoms. The number of nitrogens with one attached hydrogen (secondary N) is 1. The van der Waals surface area contributed by atoms with Crippen LogP contribution in [0.2, 0.25) is 5.15 Å². The standard InChI is InChI=1S/C12H21ClN4O3S/c1-9-6-17(7-10(2)20-9)5-4-15-21(18,19)12-11(13)16(3)8-14-12/h8-10,15H,4-7H2,1-3H3/t9-,10-/m1/s1. The quantitative estimate of drug-likeness (QED) is 0.845. The van der Waals surface area contributed by atoms with Crippen LogP contribution in [0, 0.1) is 0 Å². The van der Waals surface area contributed by atoms with Gasteiger partial charge in [0.1, 0.15) is 5.15 Å². The number of morpholine rings is 1. The number of imidazole rings is 1. The van der Waals surface area contributed by atoms with E-state index in [9.17, 15) is 8.42 Å². The number of hydrogen-bond donors (Lipinski definition) is 1. The Morgan fingerprint density at radius 2 is 2.05 bits per heavy atom. The number of rotatable bonds is 5. The van der Waals surface area contributed by atoms with Crippen molar-refractivity contribution in [3.05, 3.63) is 11.5 Å². The maximum Gasteiger partial charge on any atom is 0.261 e. The fourth-order valence-corrected chi connectivity index (χ4v) is 3.89. The molecule has 120 valence electrons. The van der Waals surface area contributed by atoms with Crippen LogP contribution in [0.15, 0.2) is 11.4 Å². The monoisotopic (exact) mass is 336 g/mol. The smallest absolute Gasteiger partial charge is 0.261 e. The van der Waals surface area contributed by atoms with Crippen molar-refractivity contribution < 1.29 is 13.2 Å². The van der Waals surface area contributed by atoms with Crippen LogP contribution in [-0.2, 0) is 21.8 Å². The topological polar surface area (TPSA) is 76.5 Å². The normalized spacial score (nSPS) is 24.4. The van der Waals surface area contributed by atoms with Gasteiger partial charge >= 0.3 is 0 Å². The molecule has 0 radical (unpaired) electrons. The minimum Gasteiger partial charge on any atom is -0.373 e. The number of nitrogens with zero attached hydrogens (tertiary/aromatic N) is 3. The average molecular weight is 337 g/mol. The zero-order valence-electron chi connectivity index (χ0n) is 12.4. The first-order valence-electron chi connectivity index (χ1n) is 6.84. The van der Waals surface area contributed by atoms with Gasteiger partial charge in [0, 0.05) is 33.2 Å². The van der Waals surface area contributed by atoms with Crippen molar-refractivity contribution >= 4 is 21.6 Å². The molecule has 7 nitrogen and oxygen atoms in total. The van der Waals surface area contributed by atoms with Gasteiger partial charge in [0.25, 0.3) is 10.0 Å². The van der Waals surface area contributed by atoms with Gasteiger partial charge in [-0.2, -0.15) is 0 Å². The van der Waals surface area contributed by atoms with E-state index in [4.69, 9.17) is 16.3 Å². The molecule has 1 aliphatic heterocycles. The highest BCUT2D eigenvalue weighted by Crippen LogP contribution is 2.18. The molecule has 0 unspecified atom stereocenters. The molecular weight excluding hydrogens is 316 g/mol. The van der Waals surface area contributed by atoms with Gasteiger partial charge in [0.15, 0.2) is 0 Å². The summed E-state index contributed by atoms with van der Waals surface area (Å²) >= 11 is 5.91. The highest BCUT2D eigenvalue weighted by Gasteiger charge is 2.24. The zero-order chi connectivity index (χ0) is 15.6. The van der Waals surface area contributed by atoms with Gasteiger partial charge in [-0.05, 0) is 13.8 Å². The summed E-state index contributed by atoms with van der Waals surface area (Å²) in [6.07, 6.45) is 1.70. The van der Waals surface area contributed by atoms with Crippen molar-refractivity contribution in [1.82, 2.24) is 19.2 Å². The molecule has 1 aromatic rings. The van der Waals surface area contributed by atoms with E-state index in [0.717, 1.165) is 13.1 Å². The number of hydrogen-bond acceptors (Lipinski definition) is 5. The van der Waals surface area contributed by atoms with Crippen molar-refractivity contribution in [2.24, 2.45) is 7.05 Å². The second-order valence-corrected chi connectivity index (χ2v) is 7.41. The predicted octanol–water partition coefficient (Wildman–Crippen LogP) is 0.461. The second kappa shape index (κ2) is 6.62. The van der Waals surface area contributed by atoms with E-state index in [1.807, 2.05) is 13.8 Å². The Hall–Kier alpha value is -0.670. The summed E-state index contributed by atoms with van der Waals surface area (Å²) < 4.78 is 33.9. The van der Waals surface area contributed by atoms with Crippen molar-refractivity contribution in [2.45, 2.75) is 31.1 Å². The first-order valence-corrected chi connectivity index (χ1v) is 8.70. The largest absolute Gasteiger partial charge is 0.373 e. The van der Waals surface area contributed by atoms with Gasteiger partial charge in [-0.15, -0.1) is 0 Å². The third kappa shape index (κ3) is 4.17. The summed E-state index contributed by atoms with van der Waals surface area (Å²) in [7, 11) is -2.03. The molecule has 0 amide bonds. The lowest BCUT2D eigenvalue weighted by Crippen LogP contribution is -2.47. The SMILES string of the molecule is C[C@@H]1CN(CCNS(=O)(=O)c2ncn(C)c2Cl)C[C@@H](C)O1. The van der Waals surface area contributed by atoms with Crippen LogP contribution in [0.3, 0.4) is 0 Å².